The summed E-state index contributed by atoms with van der Waals surface area (Å²) in [6.07, 6.45) is 0. The van der Waals surface area contributed by atoms with Crippen LogP contribution in [0.2, 0.25) is 5.02 Å². The van der Waals surface area contributed by atoms with Crippen LogP contribution < -0.4 is 10.6 Å². The Kier molecular flexibility index (Phi) is 6.48. The maximum absolute atomic E-state index is 11.6. The van der Waals surface area contributed by atoms with Gasteiger partial charge in [-0.25, -0.2) is 0 Å². The Balaban J connectivity index is 2.33. The van der Waals surface area contributed by atoms with Gasteiger partial charge in [-0.1, -0.05) is 23.7 Å². The van der Waals surface area contributed by atoms with Crippen LogP contribution in [0.3, 0.4) is 0 Å². The van der Waals surface area contributed by atoms with Gasteiger partial charge >= 0.3 is 0 Å². The molecule has 5 nitrogen and oxygen atoms in total. The summed E-state index contributed by atoms with van der Waals surface area (Å²) in [7, 11) is 3.30. The average molecular weight is 298 g/mol. The lowest BCUT2D eigenvalue weighted by Gasteiger charge is -2.15. The highest BCUT2D eigenvalue weighted by Crippen LogP contribution is 2.15. The first kappa shape index (κ1) is 16.5. The predicted octanol–water partition coefficient (Wildman–Crippen LogP) is 1.19. The number of halogens is 1. The number of rotatable bonds is 6. The van der Waals surface area contributed by atoms with Crippen molar-refractivity contribution < 1.29 is 9.59 Å². The predicted molar refractivity (Wildman–Crippen MR) is 79.6 cm³/mol. The molecule has 1 rings (SSSR count). The zero-order chi connectivity index (χ0) is 15.1. The van der Waals surface area contributed by atoms with Gasteiger partial charge < -0.3 is 15.5 Å². The average Bonchev–Trinajstić information content (AvgIpc) is 2.42. The van der Waals surface area contributed by atoms with Crippen LogP contribution in [0.15, 0.2) is 24.3 Å². The summed E-state index contributed by atoms with van der Waals surface area (Å²) in [6.45, 7) is 2.13. The normalized spacial score (nSPS) is 11.8. The second-order valence-corrected chi connectivity index (χ2v) is 5.16. The number of amides is 2. The zero-order valence-corrected chi connectivity index (χ0v) is 12.7. The third kappa shape index (κ3) is 5.59. The van der Waals surface area contributed by atoms with Crippen molar-refractivity contribution >= 4 is 23.4 Å². The van der Waals surface area contributed by atoms with Crippen LogP contribution in [0.1, 0.15) is 18.5 Å². The molecular formula is C14H20ClN3O2. The fourth-order valence-corrected chi connectivity index (χ4v) is 1.64. The van der Waals surface area contributed by atoms with Gasteiger partial charge in [-0.05, 0) is 24.6 Å². The molecule has 110 valence electrons. The van der Waals surface area contributed by atoms with Crippen molar-refractivity contribution in [1.29, 1.82) is 0 Å². The van der Waals surface area contributed by atoms with Crippen molar-refractivity contribution in [3.8, 4) is 0 Å². The van der Waals surface area contributed by atoms with Crippen LogP contribution in [0.4, 0.5) is 0 Å². The molecule has 0 aliphatic rings. The van der Waals surface area contributed by atoms with E-state index in [1.807, 2.05) is 31.2 Å². The third-order valence-corrected chi connectivity index (χ3v) is 3.13. The van der Waals surface area contributed by atoms with Crippen molar-refractivity contribution in [2.45, 2.75) is 13.0 Å². The van der Waals surface area contributed by atoms with E-state index in [0.717, 1.165) is 5.56 Å². The van der Waals surface area contributed by atoms with E-state index in [9.17, 15) is 9.59 Å². The fraction of sp³-hybridized carbons (Fsp3) is 0.429. The van der Waals surface area contributed by atoms with E-state index in [1.165, 1.54) is 4.90 Å². The van der Waals surface area contributed by atoms with Crippen LogP contribution in [0.5, 0.6) is 0 Å². The summed E-state index contributed by atoms with van der Waals surface area (Å²) in [5, 5.41) is 6.34. The summed E-state index contributed by atoms with van der Waals surface area (Å²) in [6, 6.07) is 7.47. The number of nitrogens with one attached hydrogen (secondary N) is 2. The largest absolute Gasteiger partial charge is 0.347 e. The van der Waals surface area contributed by atoms with Crippen LogP contribution in [0.25, 0.3) is 0 Å². The number of carbonyl (C=O) groups is 2. The Bertz CT molecular complexity index is 460. The van der Waals surface area contributed by atoms with Gasteiger partial charge in [-0.2, -0.15) is 0 Å². The van der Waals surface area contributed by atoms with E-state index in [1.54, 1.807) is 14.1 Å². The molecule has 6 heteroatoms. The van der Waals surface area contributed by atoms with Crippen molar-refractivity contribution in [1.82, 2.24) is 15.5 Å². The first-order valence-corrected chi connectivity index (χ1v) is 6.73. The Morgan fingerprint density at radius 1 is 1.20 bits per heavy atom. The molecule has 0 saturated heterocycles. The minimum absolute atomic E-state index is 0.0167. The molecule has 1 atom stereocenters. The van der Waals surface area contributed by atoms with Gasteiger partial charge in [-0.15, -0.1) is 0 Å². The molecule has 0 aliphatic carbocycles. The smallest absolute Gasteiger partial charge is 0.241 e. The summed E-state index contributed by atoms with van der Waals surface area (Å²) in [4.78, 5) is 24.3. The quantitative estimate of drug-likeness (QED) is 0.829. The number of hydrogen-bond acceptors (Lipinski definition) is 3. The first-order valence-electron chi connectivity index (χ1n) is 6.36. The third-order valence-electron chi connectivity index (χ3n) is 2.87. The molecule has 0 unspecified atom stereocenters. The molecule has 0 bridgehead atoms. The Labute approximate surface area is 124 Å². The molecule has 0 heterocycles. The molecule has 1 aromatic carbocycles. The van der Waals surface area contributed by atoms with Crippen LogP contribution in [-0.2, 0) is 9.59 Å². The van der Waals surface area contributed by atoms with Gasteiger partial charge in [0.05, 0.1) is 13.1 Å². The Morgan fingerprint density at radius 3 is 2.35 bits per heavy atom. The number of likely N-dealkylation sites (N-methyl/N-ethyl adjacent to an activating group) is 1. The van der Waals surface area contributed by atoms with Crippen molar-refractivity contribution in [2.24, 2.45) is 0 Å². The number of carbonyl (C=O) groups excluding carboxylic acids is 2. The lowest BCUT2D eigenvalue weighted by atomic mass is 10.1. The standard InChI is InChI=1S/C14H20ClN3O2/c1-10(11-4-6-12(15)7-5-11)16-8-13(19)17-9-14(20)18(2)3/h4-7,10,16H,8-9H2,1-3H3,(H,17,19)/t10-/m1/s1. The summed E-state index contributed by atoms with van der Waals surface area (Å²) in [5.41, 5.74) is 1.05. The van der Waals surface area contributed by atoms with Crippen LogP contribution in [0, 0.1) is 0 Å². The van der Waals surface area contributed by atoms with Crippen LogP contribution in [-0.4, -0.2) is 43.9 Å². The summed E-state index contributed by atoms with van der Waals surface area (Å²) in [5.74, 6) is -0.342. The van der Waals surface area contributed by atoms with Crippen LogP contribution >= 0.6 is 11.6 Å². The topological polar surface area (TPSA) is 61.4 Å². The molecular weight excluding hydrogens is 278 g/mol. The maximum Gasteiger partial charge on any atom is 0.241 e. The van der Waals surface area contributed by atoms with Gasteiger partial charge in [0.1, 0.15) is 0 Å². The highest BCUT2D eigenvalue weighted by atomic mass is 35.5. The van der Waals surface area contributed by atoms with Gasteiger partial charge in [0.25, 0.3) is 0 Å². The molecule has 1 aromatic rings. The van der Waals surface area contributed by atoms with Gasteiger partial charge in [0, 0.05) is 25.2 Å². The monoisotopic (exact) mass is 297 g/mol. The number of nitrogens with zero attached hydrogens (tertiary/aromatic N) is 1. The SMILES string of the molecule is C[C@@H](NCC(=O)NCC(=O)N(C)C)c1ccc(Cl)cc1. The molecule has 0 saturated carbocycles. The Hall–Kier alpha value is -1.59. The second-order valence-electron chi connectivity index (χ2n) is 4.72. The highest BCUT2D eigenvalue weighted by molar-refractivity contribution is 6.30. The highest BCUT2D eigenvalue weighted by Gasteiger charge is 2.09. The molecule has 20 heavy (non-hydrogen) atoms. The summed E-state index contributed by atoms with van der Waals surface area (Å²) < 4.78 is 0. The van der Waals surface area contributed by atoms with Crippen molar-refractivity contribution in [3.63, 3.8) is 0 Å². The van der Waals surface area contributed by atoms with Gasteiger partial charge in [0.2, 0.25) is 11.8 Å². The molecule has 2 N–H and O–H groups in total. The maximum atomic E-state index is 11.6. The van der Waals surface area contributed by atoms with E-state index in [2.05, 4.69) is 10.6 Å². The molecule has 0 fully saturated rings. The Morgan fingerprint density at radius 2 is 1.80 bits per heavy atom. The minimum atomic E-state index is -0.207. The lowest BCUT2D eigenvalue weighted by molar-refractivity contribution is -0.130. The van der Waals surface area contributed by atoms with E-state index < -0.39 is 0 Å². The summed E-state index contributed by atoms with van der Waals surface area (Å²) >= 11 is 5.82. The van der Waals surface area contributed by atoms with E-state index in [4.69, 9.17) is 11.6 Å². The second kappa shape index (κ2) is 7.87. The van der Waals surface area contributed by atoms with Gasteiger partial charge in [-0.3, -0.25) is 9.59 Å². The minimum Gasteiger partial charge on any atom is -0.347 e. The molecule has 0 aromatic heterocycles. The van der Waals surface area contributed by atoms with E-state index in [-0.39, 0.29) is 30.9 Å². The lowest BCUT2D eigenvalue weighted by Crippen LogP contribution is -2.40. The molecule has 0 aliphatic heterocycles. The van der Waals surface area contributed by atoms with E-state index in [0.29, 0.717) is 5.02 Å². The number of hydrogen-bond donors (Lipinski definition) is 2. The zero-order valence-electron chi connectivity index (χ0n) is 11.9. The molecule has 0 radical (unpaired) electrons. The fourth-order valence-electron chi connectivity index (χ4n) is 1.51. The van der Waals surface area contributed by atoms with Gasteiger partial charge in [0.15, 0.2) is 0 Å². The van der Waals surface area contributed by atoms with Crippen molar-refractivity contribution in [2.75, 3.05) is 27.2 Å². The molecule has 2 amide bonds. The van der Waals surface area contributed by atoms with E-state index >= 15 is 0 Å². The molecule has 0 spiro atoms. The first-order chi connectivity index (χ1) is 9.40. The van der Waals surface area contributed by atoms with Crippen molar-refractivity contribution in [3.05, 3.63) is 34.9 Å². The number of benzene rings is 1.